The molecule has 0 N–H and O–H groups in total. The molecule has 5 heteroatoms. The Morgan fingerprint density at radius 3 is 1.47 bits per heavy atom. The molecule has 0 aliphatic carbocycles. The Morgan fingerprint density at radius 2 is 1.09 bits per heavy atom. The van der Waals surface area contributed by atoms with Crippen molar-refractivity contribution in [2.75, 3.05) is 0 Å². The highest BCUT2D eigenvalue weighted by atomic mass is 32.9. The van der Waals surface area contributed by atoms with Gasteiger partial charge in [-0.3, -0.25) is 0 Å². The molecule has 3 aromatic carbocycles. The largest absolute Gasteiger partial charge is 0.428 e. The summed E-state index contributed by atoms with van der Waals surface area (Å²) < 4.78 is 12.8. The topological polar surface area (TPSA) is 18.5 Å². The Kier molecular flexibility index (Phi) is 8.95. The Bertz CT molecular complexity index is 1030. The van der Waals surface area contributed by atoms with Gasteiger partial charge in [-0.2, -0.15) is 0 Å². The lowest BCUT2D eigenvalue weighted by atomic mass is 9.82. The highest BCUT2D eigenvalue weighted by Gasteiger charge is 2.26. The number of hydrogen-bond acceptors (Lipinski definition) is 4. The highest BCUT2D eigenvalue weighted by molar-refractivity contribution is 8.67. The number of hydrogen-bond donors (Lipinski definition) is 0. The second-order valence-corrected chi connectivity index (χ2v) is 16.1. The summed E-state index contributed by atoms with van der Waals surface area (Å²) in [6.07, 6.45) is 2.15. The van der Waals surface area contributed by atoms with Gasteiger partial charge in [0.15, 0.2) is 0 Å². The van der Waals surface area contributed by atoms with E-state index in [1.165, 1.54) is 16.7 Å². The molecule has 0 aliphatic rings. The van der Waals surface area contributed by atoms with E-state index in [0.29, 0.717) is 0 Å². The summed E-state index contributed by atoms with van der Waals surface area (Å²) in [7, 11) is 0. The lowest BCUT2D eigenvalue weighted by Crippen LogP contribution is -2.15. The summed E-state index contributed by atoms with van der Waals surface area (Å²) in [5.74, 6) is 2.24. The van der Waals surface area contributed by atoms with Crippen molar-refractivity contribution >= 4 is 28.9 Å². The molecule has 0 aliphatic heterocycles. The van der Waals surface area contributed by atoms with Gasteiger partial charge in [0.2, 0.25) is 0 Å². The van der Waals surface area contributed by atoms with Crippen LogP contribution < -0.4 is 9.05 Å². The van der Waals surface area contributed by atoms with Crippen LogP contribution >= 0.6 is 17.1 Å². The van der Waals surface area contributed by atoms with Crippen molar-refractivity contribution in [2.24, 2.45) is 0 Å². The van der Waals surface area contributed by atoms with Gasteiger partial charge in [-0.1, -0.05) is 96.1 Å². The molecular formula is C29H37O2PS2. The van der Waals surface area contributed by atoms with Crippen LogP contribution in [0.15, 0.2) is 78.9 Å². The van der Waals surface area contributed by atoms with Gasteiger partial charge < -0.3 is 9.05 Å². The lowest BCUT2D eigenvalue weighted by molar-refractivity contribution is 0.494. The molecule has 182 valence electrons. The zero-order valence-electron chi connectivity index (χ0n) is 21.2. The standard InChI is InChI=1S/C29H37O2PS2/c1-7-28(3,4)24-14-18-26(19-15-24)30-32(33,34-22-23-12-10-9-11-13-23)31-27-20-16-25(17-21-27)29(5,6)8-2/h9-21H,7-8,22H2,1-6H3. The van der Waals surface area contributed by atoms with Gasteiger partial charge in [0.25, 0.3) is 0 Å². The monoisotopic (exact) mass is 512 g/mol. The second-order valence-electron chi connectivity index (χ2n) is 9.91. The van der Waals surface area contributed by atoms with E-state index in [1.807, 2.05) is 42.5 Å². The fourth-order valence-electron chi connectivity index (χ4n) is 3.40. The van der Waals surface area contributed by atoms with Crippen LogP contribution in [0.25, 0.3) is 0 Å². The summed E-state index contributed by atoms with van der Waals surface area (Å²) in [6.45, 7) is 13.5. The molecule has 3 aromatic rings. The van der Waals surface area contributed by atoms with Crippen LogP contribution in [0.2, 0.25) is 0 Å². The van der Waals surface area contributed by atoms with Gasteiger partial charge >= 0.3 is 5.69 Å². The van der Waals surface area contributed by atoms with Crippen LogP contribution in [0, 0.1) is 0 Å². The van der Waals surface area contributed by atoms with Crippen molar-refractivity contribution in [3.8, 4) is 11.5 Å². The van der Waals surface area contributed by atoms with Crippen LogP contribution in [-0.4, -0.2) is 0 Å². The van der Waals surface area contributed by atoms with Crippen LogP contribution in [-0.2, 0) is 28.4 Å². The second kappa shape index (κ2) is 11.3. The maximum atomic E-state index is 6.41. The molecule has 0 bridgehead atoms. The molecule has 0 atom stereocenters. The van der Waals surface area contributed by atoms with Gasteiger partial charge in [-0.15, -0.1) is 0 Å². The Morgan fingerprint density at radius 1 is 0.676 bits per heavy atom. The van der Waals surface area contributed by atoms with Crippen LogP contribution in [0.4, 0.5) is 0 Å². The molecule has 0 aromatic heterocycles. The number of rotatable bonds is 11. The van der Waals surface area contributed by atoms with Gasteiger partial charge in [0.05, 0.1) is 0 Å². The Hall–Kier alpha value is -1.74. The molecule has 2 nitrogen and oxygen atoms in total. The first-order valence-electron chi connectivity index (χ1n) is 12.0. The molecule has 0 radical (unpaired) electrons. The molecule has 3 rings (SSSR count). The highest BCUT2D eigenvalue weighted by Crippen LogP contribution is 2.61. The van der Waals surface area contributed by atoms with Crippen molar-refractivity contribution in [1.82, 2.24) is 0 Å². The Balaban J connectivity index is 1.83. The molecule has 0 heterocycles. The van der Waals surface area contributed by atoms with Crippen molar-refractivity contribution in [2.45, 2.75) is 71.0 Å². The van der Waals surface area contributed by atoms with Gasteiger partial charge in [0.1, 0.15) is 11.5 Å². The molecule has 0 fully saturated rings. The first kappa shape index (κ1) is 26.9. The fourth-order valence-corrected chi connectivity index (χ4v) is 7.55. The maximum Gasteiger partial charge on any atom is 0.348 e. The lowest BCUT2D eigenvalue weighted by Gasteiger charge is -2.26. The summed E-state index contributed by atoms with van der Waals surface area (Å²) in [6, 6.07) is 27.0. The third kappa shape index (κ3) is 7.13. The third-order valence-electron chi connectivity index (χ3n) is 6.71. The van der Waals surface area contributed by atoms with E-state index in [9.17, 15) is 0 Å². The van der Waals surface area contributed by atoms with Gasteiger partial charge in [-0.25, -0.2) is 0 Å². The van der Waals surface area contributed by atoms with E-state index in [4.69, 9.17) is 20.9 Å². The first-order valence-corrected chi connectivity index (χ1v) is 16.2. The van der Waals surface area contributed by atoms with Crippen molar-refractivity contribution in [3.63, 3.8) is 0 Å². The maximum absolute atomic E-state index is 6.41. The third-order valence-corrected chi connectivity index (χ3v) is 11.5. The van der Waals surface area contributed by atoms with E-state index in [2.05, 4.69) is 77.9 Å². The van der Waals surface area contributed by atoms with Gasteiger partial charge in [-0.05, 0) is 87.8 Å². The zero-order valence-corrected chi connectivity index (χ0v) is 23.7. The average molecular weight is 513 g/mol. The predicted molar refractivity (Wildman–Crippen MR) is 153 cm³/mol. The minimum atomic E-state index is -2.70. The van der Waals surface area contributed by atoms with Crippen molar-refractivity contribution < 1.29 is 9.05 Å². The molecular weight excluding hydrogens is 475 g/mol. The van der Waals surface area contributed by atoms with E-state index in [-0.39, 0.29) is 10.8 Å². The van der Waals surface area contributed by atoms with Crippen molar-refractivity contribution in [3.05, 3.63) is 95.6 Å². The predicted octanol–water partition coefficient (Wildman–Crippen LogP) is 9.68. The van der Waals surface area contributed by atoms with Crippen LogP contribution in [0.3, 0.4) is 0 Å². The van der Waals surface area contributed by atoms with Crippen LogP contribution in [0.1, 0.15) is 71.1 Å². The molecule has 34 heavy (non-hydrogen) atoms. The van der Waals surface area contributed by atoms with E-state index >= 15 is 0 Å². The SMILES string of the molecule is CCC(C)(C)c1ccc(OP(=S)(Oc2ccc(C(C)(C)CC)cc2)SCc2ccccc2)cc1. The smallest absolute Gasteiger partial charge is 0.348 e. The summed E-state index contributed by atoms with van der Waals surface area (Å²) >= 11 is 7.63. The quantitative estimate of drug-likeness (QED) is 0.238. The van der Waals surface area contributed by atoms with Gasteiger partial charge in [0, 0.05) is 5.75 Å². The van der Waals surface area contributed by atoms with E-state index < -0.39 is 5.69 Å². The zero-order chi connectivity index (χ0) is 24.8. The minimum Gasteiger partial charge on any atom is -0.428 e. The van der Waals surface area contributed by atoms with Crippen molar-refractivity contribution in [1.29, 1.82) is 0 Å². The minimum absolute atomic E-state index is 0.130. The average Bonchev–Trinajstić information content (AvgIpc) is 2.84. The normalized spacial score (nSPS) is 12.4. The van der Waals surface area contributed by atoms with E-state index in [0.717, 1.165) is 30.1 Å². The summed E-state index contributed by atoms with van der Waals surface area (Å²) in [4.78, 5) is 0. The van der Waals surface area contributed by atoms with Crippen LogP contribution in [0.5, 0.6) is 11.5 Å². The fraction of sp³-hybridized carbons (Fsp3) is 0.379. The Labute approximate surface area is 215 Å². The molecule has 0 amide bonds. The first-order chi connectivity index (χ1) is 16.1. The molecule has 0 saturated heterocycles. The summed E-state index contributed by atoms with van der Waals surface area (Å²) in [5, 5.41) is 0. The number of benzene rings is 3. The van der Waals surface area contributed by atoms with E-state index in [1.54, 1.807) is 11.4 Å². The molecule has 0 unspecified atom stereocenters. The molecule has 0 saturated carbocycles. The summed E-state index contributed by atoms with van der Waals surface area (Å²) in [5.41, 5.74) is 1.35. The molecule has 0 spiro atoms.